The summed E-state index contributed by atoms with van der Waals surface area (Å²) in [5, 5.41) is 6.85. The van der Waals surface area contributed by atoms with Gasteiger partial charge in [0.25, 0.3) is 0 Å². The van der Waals surface area contributed by atoms with Gasteiger partial charge in [0.1, 0.15) is 11.6 Å². The molecule has 0 atom stereocenters. The normalized spacial score (nSPS) is 12.2. The zero-order valence-electron chi connectivity index (χ0n) is 18.5. The van der Waals surface area contributed by atoms with Gasteiger partial charge in [0.15, 0.2) is 0 Å². The Morgan fingerprint density at radius 3 is 2.38 bits per heavy atom. The Hall–Kier alpha value is -3.47. The van der Waals surface area contributed by atoms with E-state index < -0.39 is 5.95 Å². The fourth-order valence-electron chi connectivity index (χ4n) is 4.05. The summed E-state index contributed by atoms with van der Waals surface area (Å²) in [5.41, 5.74) is 6.31. The minimum Gasteiger partial charge on any atom is -0.494 e. The first kappa shape index (κ1) is 21.8. The second kappa shape index (κ2) is 9.35. The largest absolute Gasteiger partial charge is 0.494 e. The Kier molecular flexibility index (Phi) is 6.35. The van der Waals surface area contributed by atoms with Gasteiger partial charge in [0, 0.05) is 0 Å². The highest BCUT2D eigenvalue weighted by Gasteiger charge is 2.17. The number of rotatable bonds is 7. The van der Waals surface area contributed by atoms with Gasteiger partial charge in [-0.25, -0.2) is 4.39 Å². The molecule has 1 heterocycles. The van der Waals surface area contributed by atoms with Crippen LogP contribution < -0.4 is 4.74 Å². The number of fused-ring (bicyclic) bond motifs is 1. The van der Waals surface area contributed by atoms with E-state index in [2.05, 4.69) is 24.0 Å². The molecule has 0 radical (unpaired) electrons. The lowest BCUT2D eigenvalue weighted by Gasteiger charge is -2.18. The number of hydrogen-bond acceptors (Lipinski definition) is 2. The SMILES string of the molecule is CCCOc1ccc(/C(=C(/CC)c2ccc(F)cc2C)c2ccc3n[nH]c(F)c3c2)cc1. The Morgan fingerprint density at radius 2 is 1.69 bits per heavy atom. The van der Waals surface area contributed by atoms with Crippen molar-refractivity contribution in [3.8, 4) is 5.75 Å². The summed E-state index contributed by atoms with van der Waals surface area (Å²) in [6.07, 6.45) is 1.66. The van der Waals surface area contributed by atoms with Gasteiger partial charge in [-0.1, -0.05) is 38.1 Å². The van der Waals surface area contributed by atoms with Crippen LogP contribution in [0, 0.1) is 18.7 Å². The molecule has 0 aliphatic heterocycles. The predicted octanol–water partition coefficient (Wildman–Crippen LogP) is 7.31. The molecule has 164 valence electrons. The molecule has 0 saturated carbocycles. The Morgan fingerprint density at radius 1 is 0.938 bits per heavy atom. The maximum absolute atomic E-state index is 14.3. The molecule has 0 amide bonds. The third-order valence-corrected chi connectivity index (χ3v) is 5.58. The molecular weight excluding hydrogens is 406 g/mol. The quantitative estimate of drug-likeness (QED) is 0.311. The van der Waals surface area contributed by atoms with Crippen LogP contribution in [0.15, 0.2) is 60.7 Å². The molecular formula is C27H26F2N2O. The fourth-order valence-corrected chi connectivity index (χ4v) is 4.05. The van der Waals surface area contributed by atoms with Gasteiger partial charge < -0.3 is 4.74 Å². The third-order valence-electron chi connectivity index (χ3n) is 5.58. The van der Waals surface area contributed by atoms with Crippen LogP contribution in [0.2, 0.25) is 0 Å². The van der Waals surface area contributed by atoms with E-state index in [0.29, 0.717) is 17.5 Å². The molecule has 3 nitrogen and oxygen atoms in total. The summed E-state index contributed by atoms with van der Waals surface area (Å²) >= 11 is 0. The molecule has 0 fully saturated rings. The van der Waals surface area contributed by atoms with Crippen LogP contribution in [0.25, 0.3) is 22.0 Å². The van der Waals surface area contributed by atoms with Gasteiger partial charge in [-0.2, -0.15) is 9.49 Å². The summed E-state index contributed by atoms with van der Waals surface area (Å²) in [5.74, 6) is 0.0883. The molecule has 3 aromatic carbocycles. The first-order valence-corrected chi connectivity index (χ1v) is 10.9. The summed E-state index contributed by atoms with van der Waals surface area (Å²) < 4.78 is 33.8. The van der Waals surface area contributed by atoms with Crippen molar-refractivity contribution in [2.24, 2.45) is 0 Å². The van der Waals surface area contributed by atoms with Crippen LogP contribution in [0.1, 0.15) is 48.9 Å². The van der Waals surface area contributed by atoms with Gasteiger partial charge >= 0.3 is 0 Å². The molecule has 1 N–H and O–H groups in total. The van der Waals surface area contributed by atoms with Crippen molar-refractivity contribution in [2.45, 2.75) is 33.6 Å². The second-order valence-corrected chi connectivity index (χ2v) is 7.81. The van der Waals surface area contributed by atoms with Crippen molar-refractivity contribution in [1.82, 2.24) is 10.2 Å². The van der Waals surface area contributed by atoms with Gasteiger partial charge in [0.2, 0.25) is 5.95 Å². The molecule has 4 aromatic rings. The van der Waals surface area contributed by atoms with Crippen LogP contribution in [-0.4, -0.2) is 16.8 Å². The number of aromatic amines is 1. The van der Waals surface area contributed by atoms with Crippen LogP contribution in [-0.2, 0) is 0 Å². The number of ether oxygens (including phenoxy) is 1. The number of benzene rings is 3. The number of halogens is 2. The fraction of sp³-hybridized carbons (Fsp3) is 0.222. The minimum absolute atomic E-state index is 0.262. The van der Waals surface area contributed by atoms with Gasteiger partial charge in [0.05, 0.1) is 17.5 Å². The van der Waals surface area contributed by atoms with Crippen molar-refractivity contribution in [3.05, 3.63) is 94.7 Å². The topological polar surface area (TPSA) is 37.9 Å². The van der Waals surface area contributed by atoms with Crippen LogP contribution in [0.3, 0.4) is 0 Å². The standard InChI is InChI=1S/C27H26F2N2O/c1-4-14-32-21-10-6-18(7-11-21)26(19-8-13-25-24(16-19)27(29)31-30-25)22(5-2)23-12-9-20(28)15-17(23)3/h6-13,15-16H,4-5,14H2,1-3H3,(H,30,31)/b26-22+. The summed E-state index contributed by atoms with van der Waals surface area (Å²) in [4.78, 5) is 0. The molecule has 5 heteroatoms. The first-order chi connectivity index (χ1) is 15.5. The highest BCUT2D eigenvalue weighted by molar-refractivity contribution is 6.00. The van der Waals surface area contributed by atoms with Gasteiger partial charge in [-0.3, -0.25) is 5.10 Å². The van der Waals surface area contributed by atoms with E-state index in [-0.39, 0.29) is 5.82 Å². The van der Waals surface area contributed by atoms with Gasteiger partial charge in [-0.05, 0) is 89.6 Å². The minimum atomic E-state index is -0.458. The predicted molar refractivity (Wildman–Crippen MR) is 126 cm³/mol. The molecule has 0 saturated heterocycles. The van der Waals surface area contributed by atoms with E-state index in [1.807, 2.05) is 55.5 Å². The molecule has 0 spiro atoms. The van der Waals surface area contributed by atoms with Gasteiger partial charge in [-0.15, -0.1) is 0 Å². The molecule has 32 heavy (non-hydrogen) atoms. The van der Waals surface area contributed by atoms with E-state index in [1.54, 1.807) is 6.07 Å². The average molecular weight is 433 g/mol. The van der Waals surface area contributed by atoms with E-state index >= 15 is 0 Å². The van der Waals surface area contributed by atoms with Crippen molar-refractivity contribution in [1.29, 1.82) is 0 Å². The number of allylic oxidation sites excluding steroid dienone is 1. The molecule has 4 rings (SSSR count). The van der Waals surface area contributed by atoms with Crippen LogP contribution in [0.4, 0.5) is 8.78 Å². The Bertz CT molecular complexity index is 1270. The van der Waals surface area contributed by atoms with E-state index in [4.69, 9.17) is 4.74 Å². The first-order valence-electron chi connectivity index (χ1n) is 10.9. The zero-order valence-corrected chi connectivity index (χ0v) is 18.5. The highest BCUT2D eigenvalue weighted by Crippen LogP contribution is 2.37. The Labute approximate surface area is 186 Å². The monoisotopic (exact) mass is 432 g/mol. The third kappa shape index (κ3) is 4.28. The average Bonchev–Trinajstić information content (AvgIpc) is 3.17. The van der Waals surface area contributed by atoms with Crippen molar-refractivity contribution in [3.63, 3.8) is 0 Å². The lowest BCUT2D eigenvalue weighted by molar-refractivity contribution is 0.317. The zero-order chi connectivity index (χ0) is 22.7. The van der Waals surface area contributed by atoms with Crippen LogP contribution in [0.5, 0.6) is 5.75 Å². The number of aryl methyl sites for hydroxylation is 1. The summed E-state index contributed by atoms with van der Waals surface area (Å²) in [6, 6.07) is 18.4. The smallest absolute Gasteiger partial charge is 0.216 e. The lowest BCUT2D eigenvalue weighted by atomic mass is 9.86. The molecule has 1 aromatic heterocycles. The molecule has 0 aliphatic rings. The second-order valence-electron chi connectivity index (χ2n) is 7.81. The summed E-state index contributed by atoms with van der Waals surface area (Å²) in [6.45, 7) is 6.71. The highest BCUT2D eigenvalue weighted by atomic mass is 19.1. The number of nitrogens with one attached hydrogen (secondary N) is 1. The number of H-pyrrole nitrogens is 1. The van der Waals surface area contributed by atoms with Crippen molar-refractivity contribution < 1.29 is 13.5 Å². The van der Waals surface area contributed by atoms with Crippen LogP contribution >= 0.6 is 0 Å². The van der Waals surface area contributed by atoms with E-state index in [0.717, 1.165) is 52.0 Å². The summed E-state index contributed by atoms with van der Waals surface area (Å²) in [7, 11) is 0. The van der Waals surface area contributed by atoms with Crippen molar-refractivity contribution in [2.75, 3.05) is 6.61 Å². The number of hydrogen-bond donors (Lipinski definition) is 1. The molecule has 0 bridgehead atoms. The maximum Gasteiger partial charge on any atom is 0.216 e. The Balaban J connectivity index is 1.94. The maximum atomic E-state index is 14.3. The van der Waals surface area contributed by atoms with E-state index in [1.165, 1.54) is 6.07 Å². The van der Waals surface area contributed by atoms with Crippen molar-refractivity contribution >= 4 is 22.0 Å². The lowest BCUT2D eigenvalue weighted by Crippen LogP contribution is -1.99. The number of nitrogens with zero attached hydrogens (tertiary/aromatic N) is 1. The molecule has 0 aliphatic carbocycles. The molecule has 0 unspecified atom stereocenters. The van der Waals surface area contributed by atoms with E-state index in [9.17, 15) is 8.78 Å². The number of aromatic nitrogens is 2.